The van der Waals surface area contributed by atoms with Crippen molar-refractivity contribution in [2.75, 3.05) is 0 Å². The van der Waals surface area contributed by atoms with Gasteiger partial charge in [0.25, 0.3) is 5.91 Å². The van der Waals surface area contributed by atoms with Crippen LogP contribution in [0.25, 0.3) is 0 Å². The third kappa shape index (κ3) is 2.61. The van der Waals surface area contributed by atoms with E-state index in [4.69, 9.17) is 5.11 Å². The van der Waals surface area contributed by atoms with Crippen molar-refractivity contribution in [2.45, 2.75) is 25.8 Å². The second kappa shape index (κ2) is 4.53. The Morgan fingerprint density at radius 3 is 2.59 bits per heavy atom. The van der Waals surface area contributed by atoms with Crippen LogP contribution in [0, 0.1) is 5.92 Å². The summed E-state index contributed by atoms with van der Waals surface area (Å²) in [6, 6.07) is 4.61. The molecule has 0 atom stereocenters. The number of aromatic carboxylic acids is 1. The molecule has 5 heteroatoms. The lowest BCUT2D eigenvalue weighted by molar-refractivity contribution is 0.0690. The Bertz CT molecular complexity index is 453. The Labute approximate surface area is 98.9 Å². The maximum Gasteiger partial charge on any atom is 0.354 e. The standard InChI is InChI=1S/C12H14N2O3/c1-7-5-8(6-7)13-11(15)9-3-2-4-10(14-9)12(16)17/h2-4,7-8H,5-6H2,1H3,(H,13,15)(H,16,17). The van der Waals surface area contributed by atoms with Crippen LogP contribution in [0.15, 0.2) is 18.2 Å². The summed E-state index contributed by atoms with van der Waals surface area (Å²) < 4.78 is 0. The summed E-state index contributed by atoms with van der Waals surface area (Å²) in [6.45, 7) is 2.13. The van der Waals surface area contributed by atoms with Crippen molar-refractivity contribution in [1.29, 1.82) is 0 Å². The van der Waals surface area contributed by atoms with Crippen LogP contribution >= 0.6 is 0 Å². The molecule has 1 aliphatic carbocycles. The number of nitrogens with one attached hydrogen (secondary N) is 1. The number of carboxylic acid groups (broad SMARTS) is 1. The minimum absolute atomic E-state index is 0.111. The molecule has 1 amide bonds. The zero-order valence-electron chi connectivity index (χ0n) is 9.51. The van der Waals surface area contributed by atoms with Crippen molar-refractivity contribution in [1.82, 2.24) is 10.3 Å². The molecular weight excluding hydrogens is 220 g/mol. The van der Waals surface area contributed by atoms with E-state index in [2.05, 4.69) is 17.2 Å². The number of carboxylic acids is 1. The van der Waals surface area contributed by atoms with Crippen molar-refractivity contribution in [3.05, 3.63) is 29.6 Å². The maximum atomic E-state index is 11.8. The monoisotopic (exact) mass is 234 g/mol. The van der Waals surface area contributed by atoms with E-state index in [1.165, 1.54) is 18.2 Å². The van der Waals surface area contributed by atoms with E-state index in [0.29, 0.717) is 5.92 Å². The third-order valence-corrected chi connectivity index (χ3v) is 2.91. The molecule has 1 aliphatic rings. The number of carbonyl (C=O) groups is 2. The molecule has 2 N–H and O–H groups in total. The fourth-order valence-electron chi connectivity index (χ4n) is 1.96. The van der Waals surface area contributed by atoms with Crippen LogP contribution in [0.4, 0.5) is 0 Å². The van der Waals surface area contributed by atoms with Crippen LogP contribution < -0.4 is 5.32 Å². The van der Waals surface area contributed by atoms with Crippen LogP contribution in [0.3, 0.4) is 0 Å². The minimum atomic E-state index is -1.13. The molecule has 5 nitrogen and oxygen atoms in total. The van der Waals surface area contributed by atoms with Crippen LogP contribution in [0.2, 0.25) is 0 Å². The Hall–Kier alpha value is -1.91. The number of rotatable bonds is 3. The molecular formula is C12H14N2O3. The van der Waals surface area contributed by atoms with Gasteiger partial charge in [0.2, 0.25) is 0 Å². The average molecular weight is 234 g/mol. The molecule has 1 aromatic heterocycles. The van der Waals surface area contributed by atoms with Gasteiger partial charge in [-0.3, -0.25) is 4.79 Å². The number of pyridine rings is 1. The van der Waals surface area contributed by atoms with E-state index < -0.39 is 5.97 Å². The van der Waals surface area contributed by atoms with E-state index in [-0.39, 0.29) is 23.3 Å². The van der Waals surface area contributed by atoms with Gasteiger partial charge in [-0.15, -0.1) is 0 Å². The van der Waals surface area contributed by atoms with Crippen molar-refractivity contribution < 1.29 is 14.7 Å². The van der Waals surface area contributed by atoms with E-state index >= 15 is 0 Å². The zero-order valence-corrected chi connectivity index (χ0v) is 9.51. The fraction of sp³-hybridized carbons (Fsp3) is 0.417. The highest BCUT2D eigenvalue weighted by Gasteiger charge is 2.27. The first-order valence-corrected chi connectivity index (χ1v) is 5.57. The Balaban J connectivity index is 2.03. The van der Waals surface area contributed by atoms with Gasteiger partial charge in [-0.05, 0) is 30.9 Å². The van der Waals surface area contributed by atoms with Gasteiger partial charge in [0.15, 0.2) is 0 Å². The highest BCUT2D eigenvalue weighted by atomic mass is 16.4. The number of amides is 1. The van der Waals surface area contributed by atoms with Gasteiger partial charge < -0.3 is 10.4 Å². The fourth-order valence-corrected chi connectivity index (χ4v) is 1.96. The van der Waals surface area contributed by atoms with Crippen LogP contribution in [0.1, 0.15) is 40.7 Å². The average Bonchev–Trinajstić information content (AvgIpc) is 2.27. The second-order valence-corrected chi connectivity index (χ2v) is 4.46. The van der Waals surface area contributed by atoms with Crippen molar-refractivity contribution in [3.63, 3.8) is 0 Å². The zero-order chi connectivity index (χ0) is 12.4. The molecule has 1 aromatic rings. The second-order valence-electron chi connectivity index (χ2n) is 4.46. The van der Waals surface area contributed by atoms with E-state index in [0.717, 1.165) is 12.8 Å². The summed E-state index contributed by atoms with van der Waals surface area (Å²) in [4.78, 5) is 26.3. The summed E-state index contributed by atoms with van der Waals surface area (Å²) >= 11 is 0. The van der Waals surface area contributed by atoms with Gasteiger partial charge in [-0.2, -0.15) is 0 Å². The molecule has 0 spiro atoms. The van der Waals surface area contributed by atoms with Crippen LogP contribution in [0.5, 0.6) is 0 Å². The van der Waals surface area contributed by atoms with Gasteiger partial charge in [-0.1, -0.05) is 13.0 Å². The summed E-state index contributed by atoms with van der Waals surface area (Å²) in [5, 5.41) is 11.6. The summed E-state index contributed by atoms with van der Waals surface area (Å²) in [5.74, 6) is -0.777. The first kappa shape index (κ1) is 11.6. The number of carbonyl (C=O) groups excluding carboxylic acids is 1. The topological polar surface area (TPSA) is 79.3 Å². The normalized spacial score (nSPS) is 22.6. The lowest BCUT2D eigenvalue weighted by Crippen LogP contribution is -2.43. The molecule has 2 rings (SSSR count). The SMILES string of the molecule is CC1CC(NC(=O)c2cccc(C(=O)O)n2)C1. The van der Waals surface area contributed by atoms with Gasteiger partial charge >= 0.3 is 5.97 Å². The highest BCUT2D eigenvalue weighted by Crippen LogP contribution is 2.26. The number of hydrogen-bond acceptors (Lipinski definition) is 3. The smallest absolute Gasteiger partial charge is 0.354 e. The quantitative estimate of drug-likeness (QED) is 0.826. The highest BCUT2D eigenvalue weighted by molar-refractivity contribution is 5.94. The number of aromatic nitrogens is 1. The molecule has 17 heavy (non-hydrogen) atoms. The maximum absolute atomic E-state index is 11.8. The molecule has 0 aromatic carbocycles. The van der Waals surface area contributed by atoms with E-state index in [1.54, 1.807) is 0 Å². The first-order valence-electron chi connectivity index (χ1n) is 5.57. The van der Waals surface area contributed by atoms with Crippen molar-refractivity contribution >= 4 is 11.9 Å². The molecule has 1 saturated carbocycles. The number of hydrogen-bond donors (Lipinski definition) is 2. The predicted molar refractivity (Wildman–Crippen MR) is 60.8 cm³/mol. The Morgan fingerprint density at radius 1 is 1.35 bits per heavy atom. The third-order valence-electron chi connectivity index (χ3n) is 2.91. The van der Waals surface area contributed by atoms with E-state index in [9.17, 15) is 9.59 Å². The molecule has 0 aliphatic heterocycles. The molecule has 90 valence electrons. The summed E-state index contributed by atoms with van der Waals surface area (Å²) in [7, 11) is 0. The van der Waals surface area contributed by atoms with Gasteiger partial charge in [0, 0.05) is 6.04 Å². The summed E-state index contributed by atoms with van der Waals surface area (Å²) in [5.41, 5.74) is 0.0454. The molecule has 0 radical (unpaired) electrons. The lowest BCUT2D eigenvalue weighted by atomic mass is 9.82. The van der Waals surface area contributed by atoms with Gasteiger partial charge in [0.05, 0.1) is 0 Å². The Kier molecular flexibility index (Phi) is 3.08. The van der Waals surface area contributed by atoms with Crippen molar-refractivity contribution in [3.8, 4) is 0 Å². The molecule has 0 saturated heterocycles. The minimum Gasteiger partial charge on any atom is -0.477 e. The van der Waals surface area contributed by atoms with E-state index in [1.807, 2.05) is 0 Å². The number of nitrogens with zero attached hydrogens (tertiary/aromatic N) is 1. The Morgan fingerprint density at radius 2 is 2.00 bits per heavy atom. The predicted octanol–water partition coefficient (Wildman–Crippen LogP) is 1.31. The molecule has 0 bridgehead atoms. The largest absolute Gasteiger partial charge is 0.477 e. The molecule has 1 fully saturated rings. The molecule has 1 heterocycles. The first-order chi connectivity index (χ1) is 8.06. The van der Waals surface area contributed by atoms with Gasteiger partial charge in [-0.25, -0.2) is 9.78 Å². The van der Waals surface area contributed by atoms with Crippen LogP contribution in [-0.4, -0.2) is 28.0 Å². The summed E-state index contributed by atoms with van der Waals surface area (Å²) in [6.07, 6.45) is 1.95. The van der Waals surface area contributed by atoms with Crippen LogP contribution in [-0.2, 0) is 0 Å². The lowest BCUT2D eigenvalue weighted by Gasteiger charge is -2.33. The molecule has 0 unspecified atom stereocenters. The van der Waals surface area contributed by atoms with Crippen molar-refractivity contribution in [2.24, 2.45) is 5.92 Å². The van der Waals surface area contributed by atoms with Gasteiger partial charge in [0.1, 0.15) is 11.4 Å².